The van der Waals surface area contributed by atoms with Gasteiger partial charge in [-0.1, -0.05) is 20.8 Å². The lowest BCUT2D eigenvalue weighted by Crippen LogP contribution is -2.45. The van der Waals surface area contributed by atoms with Crippen molar-refractivity contribution in [1.29, 1.82) is 5.26 Å². The van der Waals surface area contributed by atoms with Gasteiger partial charge in [0.15, 0.2) is 6.10 Å². The van der Waals surface area contributed by atoms with E-state index in [1.807, 2.05) is 26.8 Å². The van der Waals surface area contributed by atoms with E-state index in [0.717, 1.165) is 0 Å². The molecule has 1 aromatic rings. The largest absolute Gasteiger partial charge is 0.452 e. The first-order valence-corrected chi connectivity index (χ1v) is 9.42. The highest BCUT2D eigenvalue weighted by atomic mass is 16.5. The predicted octanol–water partition coefficient (Wildman–Crippen LogP) is 2.71. The monoisotopic (exact) mass is 385 g/mol. The highest BCUT2D eigenvalue weighted by Crippen LogP contribution is 2.24. The normalized spacial score (nSPS) is 16.0. The average molecular weight is 385 g/mol. The second kappa shape index (κ2) is 8.87. The van der Waals surface area contributed by atoms with E-state index in [1.54, 1.807) is 29.2 Å². The Balaban J connectivity index is 1.83. The third kappa shape index (κ3) is 5.56. The maximum Gasteiger partial charge on any atom is 0.309 e. The van der Waals surface area contributed by atoms with E-state index in [4.69, 9.17) is 10.00 Å². The lowest BCUT2D eigenvalue weighted by molar-refractivity contribution is -0.160. The number of anilines is 1. The van der Waals surface area contributed by atoms with Gasteiger partial charge in [-0.05, 0) is 44.0 Å². The molecule has 1 N–H and O–H groups in total. The Morgan fingerprint density at radius 2 is 1.75 bits per heavy atom. The molecule has 1 heterocycles. The molecule has 7 heteroatoms. The molecule has 0 saturated carbocycles. The van der Waals surface area contributed by atoms with Crippen molar-refractivity contribution >= 4 is 23.5 Å². The molecule has 1 fully saturated rings. The minimum absolute atomic E-state index is 0.0782. The highest BCUT2D eigenvalue weighted by molar-refractivity contribution is 5.95. The zero-order chi connectivity index (χ0) is 20.9. The van der Waals surface area contributed by atoms with Crippen LogP contribution in [0.5, 0.6) is 0 Å². The van der Waals surface area contributed by atoms with Gasteiger partial charge in [-0.2, -0.15) is 5.26 Å². The van der Waals surface area contributed by atoms with Crippen LogP contribution in [0.3, 0.4) is 0 Å². The van der Waals surface area contributed by atoms with Gasteiger partial charge in [-0.25, -0.2) is 0 Å². The lowest BCUT2D eigenvalue weighted by Gasteiger charge is -2.35. The molecule has 1 aliphatic heterocycles. The third-order valence-electron chi connectivity index (χ3n) is 4.70. The number of amides is 2. The van der Waals surface area contributed by atoms with Gasteiger partial charge in [0.25, 0.3) is 5.91 Å². The number of carbonyl (C=O) groups is 3. The second-order valence-electron chi connectivity index (χ2n) is 8.07. The third-order valence-corrected chi connectivity index (χ3v) is 4.70. The van der Waals surface area contributed by atoms with Gasteiger partial charge in [0.1, 0.15) is 0 Å². The highest BCUT2D eigenvalue weighted by Gasteiger charge is 2.33. The van der Waals surface area contributed by atoms with E-state index in [-0.39, 0.29) is 11.8 Å². The summed E-state index contributed by atoms with van der Waals surface area (Å²) in [6.45, 7) is 8.19. The first-order valence-electron chi connectivity index (χ1n) is 9.42. The van der Waals surface area contributed by atoms with E-state index < -0.39 is 23.4 Å². The zero-order valence-corrected chi connectivity index (χ0v) is 16.8. The summed E-state index contributed by atoms with van der Waals surface area (Å²) in [7, 11) is 0. The van der Waals surface area contributed by atoms with Crippen LogP contribution in [-0.4, -0.2) is 41.9 Å². The summed E-state index contributed by atoms with van der Waals surface area (Å²) in [5.74, 6) is -1.08. The van der Waals surface area contributed by atoms with Crippen LogP contribution in [0, 0.1) is 22.7 Å². The maximum absolute atomic E-state index is 12.4. The summed E-state index contributed by atoms with van der Waals surface area (Å²) in [5, 5.41) is 11.5. The van der Waals surface area contributed by atoms with Crippen molar-refractivity contribution in [3.63, 3.8) is 0 Å². The van der Waals surface area contributed by atoms with Gasteiger partial charge in [-0.15, -0.1) is 0 Å². The van der Waals surface area contributed by atoms with Gasteiger partial charge >= 0.3 is 5.97 Å². The molecule has 1 aliphatic rings. The van der Waals surface area contributed by atoms with Crippen molar-refractivity contribution < 1.29 is 19.1 Å². The Kier molecular flexibility index (Phi) is 6.79. The fraction of sp³-hybridized carbons (Fsp3) is 0.524. The van der Waals surface area contributed by atoms with Crippen LogP contribution < -0.4 is 5.32 Å². The molecule has 2 amide bonds. The van der Waals surface area contributed by atoms with Gasteiger partial charge in [0.05, 0.1) is 17.6 Å². The molecule has 0 radical (unpaired) electrons. The number of benzene rings is 1. The summed E-state index contributed by atoms with van der Waals surface area (Å²) in [4.78, 5) is 38.7. The standard InChI is InChI=1S/C21H27N3O4/c1-14(18(25)23-17-7-5-15(13-22)6-8-17)28-19(26)16-9-11-24(12-10-16)20(27)21(2,3)4/h5-8,14,16H,9-12H2,1-4H3,(H,23,25)/t14-/m1/s1. The summed E-state index contributed by atoms with van der Waals surface area (Å²) >= 11 is 0. The van der Waals surface area contributed by atoms with Crippen LogP contribution in [0.2, 0.25) is 0 Å². The van der Waals surface area contributed by atoms with E-state index in [0.29, 0.717) is 37.2 Å². The number of piperidine rings is 1. The number of likely N-dealkylation sites (tertiary alicyclic amines) is 1. The van der Waals surface area contributed by atoms with Gasteiger partial charge in [0, 0.05) is 24.2 Å². The number of hydrogen-bond acceptors (Lipinski definition) is 5. The summed E-state index contributed by atoms with van der Waals surface area (Å²) in [6, 6.07) is 8.43. The molecule has 1 saturated heterocycles. The lowest BCUT2D eigenvalue weighted by atomic mass is 9.91. The maximum atomic E-state index is 12.4. The molecular formula is C21H27N3O4. The average Bonchev–Trinajstić information content (AvgIpc) is 2.67. The molecular weight excluding hydrogens is 358 g/mol. The first kappa shape index (κ1) is 21.4. The van der Waals surface area contributed by atoms with Crippen molar-refractivity contribution in [3.05, 3.63) is 29.8 Å². The minimum atomic E-state index is -0.933. The Morgan fingerprint density at radius 1 is 1.18 bits per heavy atom. The Morgan fingerprint density at radius 3 is 2.25 bits per heavy atom. The van der Waals surface area contributed by atoms with Crippen molar-refractivity contribution in [2.75, 3.05) is 18.4 Å². The van der Waals surface area contributed by atoms with Gasteiger partial charge in [0.2, 0.25) is 5.91 Å². The Bertz CT molecular complexity index is 766. The smallest absolute Gasteiger partial charge is 0.309 e. The van der Waals surface area contributed by atoms with Crippen molar-refractivity contribution in [3.8, 4) is 6.07 Å². The minimum Gasteiger partial charge on any atom is -0.452 e. The van der Waals surface area contributed by atoms with Crippen LogP contribution in [0.4, 0.5) is 5.69 Å². The molecule has 0 aromatic heterocycles. The number of ether oxygens (including phenoxy) is 1. The molecule has 0 spiro atoms. The van der Waals surface area contributed by atoms with Crippen LogP contribution in [0.15, 0.2) is 24.3 Å². The zero-order valence-electron chi connectivity index (χ0n) is 16.8. The number of nitrogens with one attached hydrogen (secondary N) is 1. The Labute approximate surface area is 165 Å². The van der Waals surface area contributed by atoms with Crippen molar-refractivity contribution in [2.45, 2.75) is 46.6 Å². The fourth-order valence-electron chi connectivity index (χ4n) is 2.99. The summed E-state index contributed by atoms with van der Waals surface area (Å²) in [5.41, 5.74) is 0.584. The fourth-order valence-corrected chi connectivity index (χ4v) is 2.99. The van der Waals surface area contributed by atoms with Crippen LogP contribution in [0.1, 0.15) is 46.1 Å². The van der Waals surface area contributed by atoms with E-state index in [1.165, 1.54) is 6.92 Å². The van der Waals surface area contributed by atoms with E-state index in [2.05, 4.69) is 5.32 Å². The molecule has 0 unspecified atom stereocenters. The molecule has 1 atom stereocenters. The first-order chi connectivity index (χ1) is 13.1. The molecule has 0 bridgehead atoms. The number of esters is 1. The Hall–Kier alpha value is -2.88. The van der Waals surface area contributed by atoms with E-state index >= 15 is 0 Å². The predicted molar refractivity (Wildman–Crippen MR) is 104 cm³/mol. The number of rotatable bonds is 4. The summed E-state index contributed by atoms with van der Waals surface area (Å²) < 4.78 is 5.32. The molecule has 1 aromatic carbocycles. The molecule has 2 rings (SSSR count). The topological polar surface area (TPSA) is 99.5 Å². The van der Waals surface area contributed by atoms with E-state index in [9.17, 15) is 14.4 Å². The molecule has 0 aliphatic carbocycles. The van der Waals surface area contributed by atoms with Crippen molar-refractivity contribution in [1.82, 2.24) is 4.90 Å². The quantitative estimate of drug-likeness (QED) is 0.804. The number of hydrogen-bond donors (Lipinski definition) is 1. The second-order valence-corrected chi connectivity index (χ2v) is 8.07. The van der Waals surface area contributed by atoms with Gasteiger partial charge in [-0.3, -0.25) is 14.4 Å². The molecule has 150 valence electrons. The van der Waals surface area contributed by atoms with Gasteiger partial charge < -0.3 is 15.0 Å². The number of carbonyl (C=O) groups excluding carboxylic acids is 3. The van der Waals surface area contributed by atoms with Crippen molar-refractivity contribution in [2.24, 2.45) is 11.3 Å². The SMILES string of the molecule is C[C@@H](OC(=O)C1CCN(C(=O)C(C)(C)C)CC1)C(=O)Nc1ccc(C#N)cc1. The number of nitrogens with zero attached hydrogens (tertiary/aromatic N) is 2. The number of nitriles is 1. The molecule has 28 heavy (non-hydrogen) atoms. The van der Waals surface area contributed by atoms with Crippen LogP contribution in [0.25, 0.3) is 0 Å². The summed E-state index contributed by atoms with van der Waals surface area (Å²) in [6.07, 6.45) is 0.132. The van der Waals surface area contributed by atoms with Crippen LogP contribution >= 0.6 is 0 Å². The molecule has 7 nitrogen and oxygen atoms in total. The van der Waals surface area contributed by atoms with Crippen LogP contribution in [-0.2, 0) is 19.1 Å².